The topological polar surface area (TPSA) is 68.0 Å². The van der Waals surface area contributed by atoms with Crippen LogP contribution in [0.1, 0.15) is 18.1 Å². The molecule has 0 saturated carbocycles. The summed E-state index contributed by atoms with van der Waals surface area (Å²) in [5.74, 6) is 0.292. The second kappa shape index (κ2) is 7.93. The molecule has 0 radical (unpaired) electrons. The zero-order chi connectivity index (χ0) is 18.7. The molecule has 0 fully saturated rings. The van der Waals surface area contributed by atoms with Crippen molar-refractivity contribution < 1.29 is 9.21 Å². The minimum atomic E-state index is -0.404. The summed E-state index contributed by atoms with van der Waals surface area (Å²) >= 11 is 7.21. The van der Waals surface area contributed by atoms with Gasteiger partial charge in [-0.3, -0.25) is 4.79 Å². The first-order chi connectivity index (χ1) is 12.4. The van der Waals surface area contributed by atoms with E-state index in [-0.39, 0.29) is 5.91 Å². The summed E-state index contributed by atoms with van der Waals surface area (Å²) in [6, 6.07) is 13.2. The number of amides is 1. The number of hydrogen-bond acceptors (Lipinski definition) is 5. The minimum Gasteiger partial charge on any atom is -0.411 e. The Hall–Kier alpha value is -2.31. The largest absolute Gasteiger partial charge is 0.411 e. The summed E-state index contributed by atoms with van der Waals surface area (Å²) in [7, 11) is 0. The number of nitrogens with zero attached hydrogens (tertiary/aromatic N) is 2. The molecular formula is C19H18ClN3O2S. The third kappa shape index (κ3) is 4.26. The average Bonchev–Trinajstić information content (AvgIpc) is 3.06. The van der Waals surface area contributed by atoms with Gasteiger partial charge in [-0.15, -0.1) is 10.2 Å². The van der Waals surface area contributed by atoms with Crippen molar-refractivity contribution in [2.75, 3.05) is 5.32 Å². The van der Waals surface area contributed by atoms with Gasteiger partial charge in [-0.25, -0.2) is 0 Å². The smallest absolute Gasteiger partial charge is 0.277 e. The van der Waals surface area contributed by atoms with E-state index in [4.69, 9.17) is 16.0 Å². The van der Waals surface area contributed by atoms with E-state index in [2.05, 4.69) is 15.5 Å². The summed E-state index contributed by atoms with van der Waals surface area (Å²) in [5, 5.41) is 11.5. The first-order valence-corrected chi connectivity index (χ1v) is 9.33. The lowest BCUT2D eigenvalue weighted by atomic mass is 10.1. The molecule has 0 aliphatic rings. The van der Waals surface area contributed by atoms with E-state index >= 15 is 0 Å². The predicted octanol–water partition coefficient (Wildman–Crippen LogP) is 5.13. The molecule has 1 heterocycles. The van der Waals surface area contributed by atoms with Crippen molar-refractivity contribution >= 4 is 35.0 Å². The van der Waals surface area contributed by atoms with Gasteiger partial charge >= 0.3 is 0 Å². The number of benzene rings is 2. The molecule has 1 amide bonds. The van der Waals surface area contributed by atoms with Crippen LogP contribution in [0.2, 0.25) is 5.02 Å². The number of carbonyl (C=O) groups excluding carboxylic acids is 1. The SMILES string of the molecule is Cc1ccc(Cl)cc1NC(=O)[C@H](C)Sc1nnc(-c2ccccc2C)o1. The van der Waals surface area contributed by atoms with Crippen LogP contribution in [-0.4, -0.2) is 21.4 Å². The highest BCUT2D eigenvalue weighted by molar-refractivity contribution is 8.00. The molecule has 26 heavy (non-hydrogen) atoms. The van der Waals surface area contributed by atoms with Gasteiger partial charge in [0.25, 0.3) is 5.22 Å². The molecule has 3 rings (SSSR count). The van der Waals surface area contributed by atoms with Gasteiger partial charge < -0.3 is 9.73 Å². The monoisotopic (exact) mass is 387 g/mol. The maximum Gasteiger partial charge on any atom is 0.277 e. The van der Waals surface area contributed by atoms with Crippen LogP contribution in [0, 0.1) is 13.8 Å². The van der Waals surface area contributed by atoms with Gasteiger partial charge in [-0.05, 0) is 50.1 Å². The van der Waals surface area contributed by atoms with Crippen molar-refractivity contribution in [1.29, 1.82) is 0 Å². The van der Waals surface area contributed by atoms with Crippen LogP contribution in [0.25, 0.3) is 11.5 Å². The predicted molar refractivity (Wildman–Crippen MR) is 105 cm³/mol. The maximum absolute atomic E-state index is 12.4. The third-order valence-electron chi connectivity index (χ3n) is 3.89. The van der Waals surface area contributed by atoms with Crippen molar-refractivity contribution in [3.8, 4) is 11.5 Å². The Morgan fingerprint density at radius 2 is 1.92 bits per heavy atom. The lowest BCUT2D eigenvalue weighted by molar-refractivity contribution is -0.115. The number of carbonyl (C=O) groups is 1. The minimum absolute atomic E-state index is 0.156. The number of thioether (sulfide) groups is 1. The lowest BCUT2D eigenvalue weighted by Crippen LogP contribution is -2.22. The van der Waals surface area contributed by atoms with Crippen LogP contribution in [-0.2, 0) is 4.79 Å². The van der Waals surface area contributed by atoms with Crippen LogP contribution in [0.15, 0.2) is 52.1 Å². The summed E-state index contributed by atoms with van der Waals surface area (Å²) in [4.78, 5) is 12.4. The highest BCUT2D eigenvalue weighted by Crippen LogP contribution is 2.28. The Labute approximate surface area is 161 Å². The molecule has 0 bridgehead atoms. The Bertz CT molecular complexity index is 942. The molecule has 0 spiro atoms. The second-order valence-electron chi connectivity index (χ2n) is 5.90. The fourth-order valence-corrected chi connectivity index (χ4v) is 3.20. The Balaban J connectivity index is 1.68. The van der Waals surface area contributed by atoms with Crippen LogP contribution < -0.4 is 5.32 Å². The second-order valence-corrected chi connectivity index (χ2v) is 7.63. The number of anilines is 1. The Morgan fingerprint density at radius 3 is 2.69 bits per heavy atom. The van der Waals surface area contributed by atoms with Crippen LogP contribution >= 0.6 is 23.4 Å². The molecule has 3 aromatic rings. The van der Waals surface area contributed by atoms with E-state index < -0.39 is 5.25 Å². The lowest BCUT2D eigenvalue weighted by Gasteiger charge is -2.12. The van der Waals surface area contributed by atoms with E-state index in [9.17, 15) is 4.79 Å². The fraction of sp³-hybridized carbons (Fsp3) is 0.211. The first-order valence-electron chi connectivity index (χ1n) is 8.07. The van der Waals surface area contributed by atoms with E-state index in [1.54, 1.807) is 19.1 Å². The number of hydrogen-bond donors (Lipinski definition) is 1. The molecule has 0 aliphatic heterocycles. The first kappa shape index (κ1) is 18.5. The number of aryl methyl sites for hydroxylation is 2. The third-order valence-corrected chi connectivity index (χ3v) is 5.06. The molecule has 7 heteroatoms. The zero-order valence-corrected chi connectivity index (χ0v) is 16.2. The Kier molecular flexibility index (Phi) is 5.64. The van der Waals surface area contributed by atoms with Gasteiger partial charge in [0, 0.05) is 16.3 Å². The molecule has 2 aromatic carbocycles. The summed E-state index contributed by atoms with van der Waals surface area (Å²) in [6.45, 7) is 5.68. The summed E-state index contributed by atoms with van der Waals surface area (Å²) < 4.78 is 5.70. The molecule has 1 atom stereocenters. The molecule has 0 aliphatic carbocycles. The van der Waals surface area contributed by atoms with Crippen molar-refractivity contribution in [3.05, 3.63) is 58.6 Å². The molecule has 1 aromatic heterocycles. The molecule has 1 N–H and O–H groups in total. The molecule has 5 nitrogen and oxygen atoms in total. The molecule has 134 valence electrons. The number of aromatic nitrogens is 2. The van der Waals surface area contributed by atoms with E-state index in [1.807, 2.05) is 44.2 Å². The van der Waals surface area contributed by atoms with Crippen LogP contribution in [0.3, 0.4) is 0 Å². The van der Waals surface area contributed by atoms with Crippen LogP contribution in [0.4, 0.5) is 5.69 Å². The fourth-order valence-electron chi connectivity index (χ4n) is 2.35. The number of nitrogens with one attached hydrogen (secondary N) is 1. The van der Waals surface area contributed by atoms with Crippen LogP contribution in [0.5, 0.6) is 0 Å². The highest BCUT2D eigenvalue weighted by Gasteiger charge is 2.20. The molecule has 0 unspecified atom stereocenters. The van der Waals surface area contributed by atoms with Crippen molar-refractivity contribution in [1.82, 2.24) is 10.2 Å². The Morgan fingerprint density at radius 1 is 1.15 bits per heavy atom. The maximum atomic E-state index is 12.4. The van der Waals surface area contributed by atoms with E-state index in [0.29, 0.717) is 21.8 Å². The van der Waals surface area contributed by atoms with Crippen molar-refractivity contribution in [2.45, 2.75) is 31.2 Å². The normalized spacial score (nSPS) is 12.0. The van der Waals surface area contributed by atoms with Gasteiger partial charge in [-0.1, -0.05) is 47.6 Å². The van der Waals surface area contributed by atoms with Gasteiger partial charge in [0.2, 0.25) is 11.8 Å². The van der Waals surface area contributed by atoms with Gasteiger partial charge in [-0.2, -0.15) is 0 Å². The quantitative estimate of drug-likeness (QED) is 0.615. The summed E-state index contributed by atoms with van der Waals surface area (Å²) in [6.07, 6.45) is 0. The van der Waals surface area contributed by atoms with Crippen molar-refractivity contribution in [2.24, 2.45) is 0 Å². The number of rotatable bonds is 5. The van der Waals surface area contributed by atoms with Gasteiger partial charge in [0.15, 0.2) is 0 Å². The number of halogens is 1. The van der Waals surface area contributed by atoms with E-state index in [1.165, 1.54) is 11.8 Å². The molecular weight excluding hydrogens is 370 g/mol. The van der Waals surface area contributed by atoms with Gasteiger partial charge in [0.05, 0.1) is 5.25 Å². The van der Waals surface area contributed by atoms with Gasteiger partial charge in [0.1, 0.15) is 0 Å². The highest BCUT2D eigenvalue weighted by atomic mass is 35.5. The molecule has 0 saturated heterocycles. The zero-order valence-electron chi connectivity index (χ0n) is 14.6. The average molecular weight is 388 g/mol. The van der Waals surface area contributed by atoms with E-state index in [0.717, 1.165) is 16.7 Å². The summed E-state index contributed by atoms with van der Waals surface area (Å²) in [5.41, 5.74) is 3.58. The van der Waals surface area contributed by atoms with Crippen molar-refractivity contribution in [3.63, 3.8) is 0 Å². The standard InChI is InChI=1S/C19H18ClN3O2S/c1-11-6-4-5-7-15(11)18-22-23-19(25-18)26-13(3)17(24)21-16-10-14(20)9-8-12(16)2/h4-10,13H,1-3H3,(H,21,24)/t13-/m0/s1.